The van der Waals surface area contributed by atoms with E-state index in [-0.39, 0.29) is 24.5 Å². The van der Waals surface area contributed by atoms with Gasteiger partial charge in [-0.25, -0.2) is 0 Å². The Morgan fingerprint density at radius 1 is 1.40 bits per heavy atom. The van der Waals surface area contributed by atoms with Crippen LogP contribution in [-0.4, -0.2) is 39.1 Å². The van der Waals surface area contributed by atoms with E-state index >= 15 is 0 Å². The quantitative estimate of drug-likeness (QED) is 0.829. The summed E-state index contributed by atoms with van der Waals surface area (Å²) in [7, 11) is 0. The van der Waals surface area contributed by atoms with E-state index in [1.165, 1.54) is 0 Å². The zero-order valence-corrected chi connectivity index (χ0v) is 14.7. The van der Waals surface area contributed by atoms with Crippen LogP contribution in [-0.2, 0) is 4.79 Å². The highest BCUT2D eigenvalue weighted by Gasteiger charge is 2.30. The Kier molecular flexibility index (Phi) is 5.63. The minimum Gasteiger partial charge on any atom is -0.482 e. The fraction of sp³-hybridized carbons (Fsp3) is 0.556. The molecule has 7 heteroatoms. The van der Waals surface area contributed by atoms with Crippen LogP contribution in [0, 0.1) is 0 Å². The second kappa shape index (κ2) is 8.09. The third-order valence-corrected chi connectivity index (χ3v) is 4.32. The molecular weight excluding hydrogens is 320 g/mol. The highest BCUT2D eigenvalue weighted by atomic mass is 16.5. The number of pyridine rings is 1. The molecule has 0 N–H and O–H groups in total. The maximum absolute atomic E-state index is 12.7. The molecule has 7 nitrogen and oxygen atoms in total. The second-order valence-corrected chi connectivity index (χ2v) is 6.58. The molecule has 0 aliphatic carbocycles. The Balaban J connectivity index is 1.71. The number of nitrogens with zero attached hydrogens (tertiary/aromatic N) is 4. The number of carbonyl (C=O) groups excluding carboxylic acids is 1. The summed E-state index contributed by atoms with van der Waals surface area (Å²) in [5.41, 5.74) is 0. The van der Waals surface area contributed by atoms with Gasteiger partial charge in [0.25, 0.3) is 5.91 Å². The zero-order chi connectivity index (χ0) is 17.6. The smallest absolute Gasteiger partial charge is 0.261 e. The highest BCUT2D eigenvalue weighted by Crippen LogP contribution is 2.29. The number of likely N-dealkylation sites (tertiary alicyclic amines) is 1. The Morgan fingerprint density at radius 2 is 2.28 bits per heavy atom. The van der Waals surface area contributed by atoms with Crippen LogP contribution in [0.4, 0.5) is 0 Å². The van der Waals surface area contributed by atoms with Crippen LogP contribution in [0.3, 0.4) is 0 Å². The van der Waals surface area contributed by atoms with E-state index in [0.29, 0.717) is 24.0 Å². The largest absolute Gasteiger partial charge is 0.482 e. The number of amides is 1. The van der Waals surface area contributed by atoms with Crippen molar-refractivity contribution in [3.8, 4) is 5.75 Å². The van der Waals surface area contributed by atoms with E-state index in [1.54, 1.807) is 24.5 Å². The normalized spacial score (nSPS) is 18.2. The molecule has 0 aromatic carbocycles. The van der Waals surface area contributed by atoms with Gasteiger partial charge in [0.1, 0.15) is 5.75 Å². The van der Waals surface area contributed by atoms with Crippen LogP contribution >= 0.6 is 0 Å². The van der Waals surface area contributed by atoms with E-state index in [1.807, 2.05) is 18.7 Å². The van der Waals surface area contributed by atoms with Crippen molar-refractivity contribution < 1.29 is 14.1 Å². The molecule has 134 valence electrons. The van der Waals surface area contributed by atoms with Crippen LogP contribution in [0.1, 0.15) is 63.2 Å². The van der Waals surface area contributed by atoms with Gasteiger partial charge in [0.15, 0.2) is 12.4 Å². The first-order chi connectivity index (χ1) is 12.1. The number of aromatic nitrogens is 3. The Hall–Kier alpha value is -2.44. The van der Waals surface area contributed by atoms with Crippen LogP contribution in [0.25, 0.3) is 0 Å². The van der Waals surface area contributed by atoms with Crippen molar-refractivity contribution in [3.05, 3.63) is 36.2 Å². The summed E-state index contributed by atoms with van der Waals surface area (Å²) >= 11 is 0. The SMILES string of the molecule is CC(C)c1nc(C2CCCCCN2C(=O)COc2cccnc2)no1. The molecule has 1 aliphatic rings. The van der Waals surface area contributed by atoms with Gasteiger partial charge in [-0.15, -0.1) is 0 Å². The van der Waals surface area contributed by atoms with Crippen molar-refractivity contribution in [2.75, 3.05) is 13.2 Å². The van der Waals surface area contributed by atoms with Crippen LogP contribution in [0.2, 0.25) is 0 Å². The lowest BCUT2D eigenvalue weighted by Gasteiger charge is -2.27. The van der Waals surface area contributed by atoms with E-state index in [9.17, 15) is 4.79 Å². The molecule has 0 radical (unpaired) electrons. The molecule has 0 spiro atoms. The molecule has 0 saturated carbocycles. The lowest BCUT2D eigenvalue weighted by atomic mass is 10.1. The van der Waals surface area contributed by atoms with Crippen molar-refractivity contribution in [3.63, 3.8) is 0 Å². The van der Waals surface area contributed by atoms with Gasteiger partial charge in [-0.05, 0) is 25.0 Å². The first kappa shape index (κ1) is 17.4. The third kappa shape index (κ3) is 4.35. The number of carbonyl (C=O) groups is 1. The molecule has 1 fully saturated rings. The fourth-order valence-electron chi connectivity index (χ4n) is 2.95. The number of hydrogen-bond donors (Lipinski definition) is 0. The van der Waals surface area contributed by atoms with Crippen molar-refractivity contribution in [2.24, 2.45) is 0 Å². The van der Waals surface area contributed by atoms with Gasteiger partial charge in [0, 0.05) is 18.7 Å². The average molecular weight is 344 g/mol. The van der Waals surface area contributed by atoms with E-state index in [0.717, 1.165) is 25.7 Å². The summed E-state index contributed by atoms with van der Waals surface area (Å²) < 4.78 is 10.9. The first-order valence-electron chi connectivity index (χ1n) is 8.81. The van der Waals surface area contributed by atoms with Crippen molar-refractivity contribution in [1.82, 2.24) is 20.0 Å². The summed E-state index contributed by atoms with van der Waals surface area (Å²) in [5, 5.41) is 4.12. The van der Waals surface area contributed by atoms with Crippen LogP contribution in [0.5, 0.6) is 5.75 Å². The van der Waals surface area contributed by atoms with Crippen molar-refractivity contribution >= 4 is 5.91 Å². The van der Waals surface area contributed by atoms with Crippen molar-refractivity contribution in [2.45, 2.75) is 51.5 Å². The molecule has 1 saturated heterocycles. The fourth-order valence-corrected chi connectivity index (χ4v) is 2.95. The van der Waals surface area contributed by atoms with Crippen molar-refractivity contribution in [1.29, 1.82) is 0 Å². The summed E-state index contributed by atoms with van der Waals surface area (Å²) in [5.74, 6) is 1.90. The summed E-state index contributed by atoms with van der Waals surface area (Å²) in [6.07, 6.45) is 7.23. The molecule has 25 heavy (non-hydrogen) atoms. The summed E-state index contributed by atoms with van der Waals surface area (Å²) in [4.78, 5) is 23.1. The minimum absolute atomic E-state index is 0.0168. The second-order valence-electron chi connectivity index (χ2n) is 6.58. The van der Waals surface area contributed by atoms with E-state index in [2.05, 4.69) is 15.1 Å². The van der Waals surface area contributed by atoms with Gasteiger partial charge < -0.3 is 14.2 Å². The number of hydrogen-bond acceptors (Lipinski definition) is 6. The predicted octanol–water partition coefficient (Wildman–Crippen LogP) is 3.11. The monoisotopic (exact) mass is 344 g/mol. The Labute approximate surface area is 147 Å². The standard InChI is InChI=1S/C18H24N4O3/c1-13(2)18-20-17(21-25-18)15-8-4-3-5-10-22(15)16(23)12-24-14-7-6-9-19-11-14/h6-7,9,11,13,15H,3-5,8,10,12H2,1-2H3. The minimum atomic E-state index is -0.149. The predicted molar refractivity (Wildman–Crippen MR) is 91.0 cm³/mol. The van der Waals surface area contributed by atoms with E-state index < -0.39 is 0 Å². The number of ether oxygens (including phenoxy) is 1. The Morgan fingerprint density at radius 3 is 3.00 bits per heavy atom. The molecule has 1 amide bonds. The third-order valence-electron chi connectivity index (χ3n) is 4.32. The molecule has 2 aromatic heterocycles. The molecule has 0 bridgehead atoms. The topological polar surface area (TPSA) is 81.4 Å². The molecule has 3 heterocycles. The van der Waals surface area contributed by atoms with Gasteiger partial charge in [-0.1, -0.05) is 31.8 Å². The van der Waals surface area contributed by atoms with Gasteiger partial charge >= 0.3 is 0 Å². The highest BCUT2D eigenvalue weighted by molar-refractivity contribution is 5.78. The maximum Gasteiger partial charge on any atom is 0.261 e. The molecule has 2 aromatic rings. The average Bonchev–Trinajstić information content (AvgIpc) is 2.99. The lowest BCUT2D eigenvalue weighted by molar-refractivity contribution is -0.136. The maximum atomic E-state index is 12.7. The van der Waals surface area contributed by atoms with Gasteiger partial charge in [-0.3, -0.25) is 9.78 Å². The van der Waals surface area contributed by atoms with E-state index in [4.69, 9.17) is 9.26 Å². The Bertz CT molecular complexity index is 687. The lowest BCUT2D eigenvalue weighted by Crippen LogP contribution is -2.38. The molecule has 1 atom stereocenters. The summed E-state index contributed by atoms with van der Waals surface area (Å²) in [6, 6.07) is 3.42. The summed E-state index contributed by atoms with van der Waals surface area (Å²) in [6.45, 7) is 4.69. The van der Waals surface area contributed by atoms with Gasteiger partial charge in [0.05, 0.1) is 12.2 Å². The molecule has 1 aliphatic heterocycles. The van der Waals surface area contributed by atoms with Gasteiger partial charge in [0.2, 0.25) is 5.89 Å². The molecular formula is C18H24N4O3. The molecule has 3 rings (SSSR count). The number of rotatable bonds is 5. The van der Waals surface area contributed by atoms with Gasteiger partial charge in [-0.2, -0.15) is 4.98 Å². The van der Waals surface area contributed by atoms with Crippen LogP contribution < -0.4 is 4.74 Å². The van der Waals surface area contributed by atoms with Crippen LogP contribution in [0.15, 0.2) is 29.0 Å². The molecule has 1 unspecified atom stereocenters. The zero-order valence-electron chi connectivity index (χ0n) is 14.7. The first-order valence-corrected chi connectivity index (χ1v) is 8.81.